The normalized spacial score (nSPS) is 10.3. The molecule has 0 spiro atoms. The standard InChI is InChI=1S/C22H21NO2/c1-2-17-8-10-18(11-9-17)16-23-22(24)19-12-14-21(15-13-19)25-20-6-4-3-5-7-20/h3-15H,2,16H2,1H3,(H,23,24). The molecule has 1 N–H and O–H groups in total. The summed E-state index contributed by atoms with van der Waals surface area (Å²) in [7, 11) is 0. The van der Waals surface area contributed by atoms with Gasteiger partial charge in [0.05, 0.1) is 0 Å². The maximum atomic E-state index is 12.3. The van der Waals surface area contributed by atoms with Gasteiger partial charge >= 0.3 is 0 Å². The number of amides is 1. The lowest BCUT2D eigenvalue weighted by molar-refractivity contribution is 0.0951. The molecule has 1 amide bonds. The minimum atomic E-state index is -0.0918. The number of rotatable bonds is 6. The van der Waals surface area contributed by atoms with Gasteiger partial charge in [-0.25, -0.2) is 0 Å². The van der Waals surface area contributed by atoms with Gasteiger partial charge in [-0.05, 0) is 53.9 Å². The van der Waals surface area contributed by atoms with Gasteiger partial charge in [0, 0.05) is 12.1 Å². The van der Waals surface area contributed by atoms with Gasteiger partial charge in [-0.1, -0.05) is 49.4 Å². The van der Waals surface area contributed by atoms with E-state index in [0.717, 1.165) is 17.7 Å². The second-order valence-corrected chi connectivity index (χ2v) is 5.79. The molecule has 0 atom stereocenters. The van der Waals surface area contributed by atoms with Crippen molar-refractivity contribution >= 4 is 5.91 Å². The van der Waals surface area contributed by atoms with Gasteiger partial charge in [0.25, 0.3) is 5.91 Å². The summed E-state index contributed by atoms with van der Waals surface area (Å²) in [6.45, 7) is 2.65. The van der Waals surface area contributed by atoms with Crippen LogP contribution < -0.4 is 10.1 Å². The molecule has 0 bridgehead atoms. The lowest BCUT2D eigenvalue weighted by atomic mass is 10.1. The molecule has 25 heavy (non-hydrogen) atoms. The maximum Gasteiger partial charge on any atom is 0.251 e. The van der Waals surface area contributed by atoms with Gasteiger partial charge in [-0.2, -0.15) is 0 Å². The third-order valence-electron chi connectivity index (χ3n) is 3.98. The van der Waals surface area contributed by atoms with Gasteiger partial charge in [0.15, 0.2) is 0 Å². The minimum absolute atomic E-state index is 0.0918. The van der Waals surface area contributed by atoms with Crippen LogP contribution in [0, 0.1) is 0 Å². The Labute approximate surface area is 148 Å². The fourth-order valence-corrected chi connectivity index (χ4v) is 2.48. The van der Waals surface area contributed by atoms with Crippen molar-refractivity contribution in [2.75, 3.05) is 0 Å². The summed E-state index contributed by atoms with van der Waals surface area (Å²) in [4.78, 5) is 12.3. The van der Waals surface area contributed by atoms with Gasteiger partial charge < -0.3 is 10.1 Å². The highest BCUT2D eigenvalue weighted by atomic mass is 16.5. The van der Waals surface area contributed by atoms with Gasteiger partial charge in [0.2, 0.25) is 0 Å². The van der Waals surface area contributed by atoms with Crippen LogP contribution in [0.25, 0.3) is 0 Å². The van der Waals surface area contributed by atoms with E-state index in [1.54, 1.807) is 24.3 Å². The number of hydrogen-bond donors (Lipinski definition) is 1. The van der Waals surface area contributed by atoms with E-state index < -0.39 is 0 Å². The molecule has 0 heterocycles. The number of aryl methyl sites for hydroxylation is 1. The van der Waals surface area contributed by atoms with E-state index in [1.807, 2.05) is 30.3 Å². The Morgan fingerprint density at radius 3 is 2.04 bits per heavy atom. The Morgan fingerprint density at radius 1 is 0.800 bits per heavy atom. The van der Waals surface area contributed by atoms with Gasteiger partial charge in [-0.3, -0.25) is 4.79 Å². The van der Waals surface area contributed by atoms with Crippen LogP contribution in [-0.4, -0.2) is 5.91 Å². The lowest BCUT2D eigenvalue weighted by Crippen LogP contribution is -2.22. The van der Waals surface area contributed by atoms with E-state index >= 15 is 0 Å². The average Bonchev–Trinajstić information content (AvgIpc) is 2.68. The molecule has 0 aliphatic carbocycles. The number of hydrogen-bond acceptors (Lipinski definition) is 2. The average molecular weight is 331 g/mol. The van der Waals surface area contributed by atoms with Crippen LogP contribution >= 0.6 is 0 Å². The second kappa shape index (κ2) is 8.15. The Kier molecular flexibility index (Phi) is 5.47. The topological polar surface area (TPSA) is 38.3 Å². The molecule has 0 aromatic heterocycles. The van der Waals surface area contributed by atoms with Crippen molar-refractivity contribution in [1.82, 2.24) is 5.32 Å². The third-order valence-corrected chi connectivity index (χ3v) is 3.98. The summed E-state index contributed by atoms with van der Waals surface area (Å²) in [5.74, 6) is 1.39. The summed E-state index contributed by atoms with van der Waals surface area (Å²) in [5.41, 5.74) is 3.00. The second-order valence-electron chi connectivity index (χ2n) is 5.79. The van der Waals surface area contributed by atoms with Crippen molar-refractivity contribution in [1.29, 1.82) is 0 Å². The first-order valence-corrected chi connectivity index (χ1v) is 8.43. The molecule has 3 nitrogen and oxygen atoms in total. The molecule has 0 unspecified atom stereocenters. The first-order chi connectivity index (χ1) is 12.2. The van der Waals surface area contributed by atoms with E-state index in [2.05, 4.69) is 36.5 Å². The Hall–Kier alpha value is -3.07. The number of ether oxygens (including phenoxy) is 1. The Morgan fingerprint density at radius 2 is 1.40 bits per heavy atom. The molecule has 0 fully saturated rings. The summed E-state index contributed by atoms with van der Waals surface area (Å²) in [6, 6.07) is 25.0. The first kappa shape index (κ1) is 16.8. The molecule has 3 aromatic rings. The zero-order valence-electron chi connectivity index (χ0n) is 14.2. The van der Waals surface area contributed by atoms with Crippen LogP contribution in [0.3, 0.4) is 0 Å². The van der Waals surface area contributed by atoms with Crippen LogP contribution in [-0.2, 0) is 13.0 Å². The maximum absolute atomic E-state index is 12.3. The fourth-order valence-electron chi connectivity index (χ4n) is 2.48. The molecule has 0 aliphatic rings. The number of benzene rings is 3. The van der Waals surface area contributed by atoms with Crippen LogP contribution in [0.1, 0.15) is 28.4 Å². The monoisotopic (exact) mass is 331 g/mol. The predicted octanol–water partition coefficient (Wildman–Crippen LogP) is 4.97. The fraction of sp³-hybridized carbons (Fsp3) is 0.136. The van der Waals surface area contributed by atoms with E-state index in [4.69, 9.17) is 4.74 Å². The van der Waals surface area contributed by atoms with E-state index in [0.29, 0.717) is 17.9 Å². The Balaban J connectivity index is 1.56. The van der Waals surface area contributed by atoms with Gasteiger partial charge in [-0.15, -0.1) is 0 Å². The van der Waals surface area contributed by atoms with Crippen LogP contribution in [0.5, 0.6) is 11.5 Å². The molecule has 0 radical (unpaired) electrons. The number of nitrogens with one attached hydrogen (secondary N) is 1. The highest BCUT2D eigenvalue weighted by Gasteiger charge is 2.06. The molecule has 3 rings (SSSR count). The molecule has 0 saturated carbocycles. The zero-order chi connectivity index (χ0) is 17.5. The van der Waals surface area contributed by atoms with Crippen molar-refractivity contribution in [2.24, 2.45) is 0 Å². The van der Waals surface area contributed by atoms with E-state index in [-0.39, 0.29) is 5.91 Å². The van der Waals surface area contributed by atoms with Crippen molar-refractivity contribution in [3.05, 3.63) is 95.6 Å². The highest BCUT2D eigenvalue weighted by molar-refractivity contribution is 5.94. The lowest BCUT2D eigenvalue weighted by Gasteiger charge is -2.08. The number of carbonyl (C=O) groups excluding carboxylic acids is 1. The first-order valence-electron chi connectivity index (χ1n) is 8.43. The van der Waals surface area contributed by atoms with E-state index in [9.17, 15) is 4.79 Å². The van der Waals surface area contributed by atoms with Gasteiger partial charge in [0.1, 0.15) is 11.5 Å². The molecule has 126 valence electrons. The molecule has 0 saturated heterocycles. The van der Waals surface area contributed by atoms with Crippen LogP contribution in [0.2, 0.25) is 0 Å². The largest absolute Gasteiger partial charge is 0.457 e. The highest BCUT2D eigenvalue weighted by Crippen LogP contribution is 2.21. The smallest absolute Gasteiger partial charge is 0.251 e. The SMILES string of the molecule is CCc1ccc(CNC(=O)c2ccc(Oc3ccccc3)cc2)cc1. The summed E-state index contributed by atoms with van der Waals surface area (Å²) < 4.78 is 5.73. The van der Waals surface area contributed by atoms with Crippen LogP contribution in [0.15, 0.2) is 78.9 Å². The summed E-state index contributed by atoms with van der Waals surface area (Å²) in [5, 5.41) is 2.94. The quantitative estimate of drug-likeness (QED) is 0.692. The minimum Gasteiger partial charge on any atom is -0.457 e. The predicted molar refractivity (Wildman–Crippen MR) is 99.9 cm³/mol. The summed E-state index contributed by atoms with van der Waals surface area (Å²) in [6.07, 6.45) is 1.02. The summed E-state index contributed by atoms with van der Waals surface area (Å²) >= 11 is 0. The molecular formula is C22H21NO2. The molecule has 0 aliphatic heterocycles. The molecule has 3 heteroatoms. The Bertz CT molecular complexity index is 809. The third kappa shape index (κ3) is 4.70. The number of carbonyl (C=O) groups is 1. The number of para-hydroxylation sites is 1. The van der Waals surface area contributed by atoms with E-state index in [1.165, 1.54) is 5.56 Å². The zero-order valence-corrected chi connectivity index (χ0v) is 14.2. The van der Waals surface area contributed by atoms with Crippen LogP contribution in [0.4, 0.5) is 0 Å². The van der Waals surface area contributed by atoms with Crippen molar-refractivity contribution in [3.8, 4) is 11.5 Å². The molecule has 3 aromatic carbocycles. The van der Waals surface area contributed by atoms with Crippen molar-refractivity contribution in [2.45, 2.75) is 19.9 Å². The van der Waals surface area contributed by atoms with Crippen molar-refractivity contribution in [3.63, 3.8) is 0 Å². The van der Waals surface area contributed by atoms with Crippen molar-refractivity contribution < 1.29 is 9.53 Å². The molecular weight excluding hydrogens is 310 g/mol.